The van der Waals surface area contributed by atoms with Gasteiger partial charge in [-0.15, -0.1) is 12.1 Å². The molecule has 0 saturated carbocycles. The number of likely N-dealkylation sites (N-methyl/N-ethyl adjacent to an activating group) is 2. The summed E-state index contributed by atoms with van der Waals surface area (Å²) in [6, 6.07) is 27.6. The monoisotopic (exact) mass is 839 g/mol. The Balaban J connectivity index is 0.00000171. The first-order valence-electron chi connectivity index (χ1n) is 10.3. The molecule has 2 unspecified atom stereocenters. The molecule has 2 atom stereocenters. The smallest absolute Gasteiger partial charge is 0.0494 e. The molecule has 0 aliphatic carbocycles. The Morgan fingerprint density at radius 1 is 0.935 bits per heavy atom. The van der Waals surface area contributed by atoms with Gasteiger partial charge in [0.2, 0.25) is 0 Å². The summed E-state index contributed by atoms with van der Waals surface area (Å²) < 4.78 is 0. The van der Waals surface area contributed by atoms with Gasteiger partial charge in [0, 0.05) is 38.3 Å². The van der Waals surface area contributed by atoms with Crippen molar-refractivity contribution in [2.75, 3.05) is 20.6 Å². The van der Waals surface area contributed by atoms with Crippen molar-refractivity contribution >= 4 is 0 Å². The van der Waals surface area contributed by atoms with Crippen LogP contribution in [0.4, 0.5) is 0 Å². The maximum atomic E-state index is 10.5. The molecule has 1 N–H and O–H groups in total. The molecule has 1 radical (unpaired) electrons. The number of aromatic hydroxyl groups is 1. The van der Waals surface area contributed by atoms with Gasteiger partial charge in [-0.2, -0.15) is 6.07 Å². The van der Waals surface area contributed by atoms with Crippen molar-refractivity contribution in [3.8, 4) is 16.9 Å². The van der Waals surface area contributed by atoms with Gasteiger partial charge < -0.3 is 10.0 Å². The third-order valence-corrected chi connectivity index (χ3v) is 5.99. The molecule has 159 valence electrons. The number of hydrogen-bond donors (Lipinski definition) is 1. The molecule has 1 aliphatic heterocycles. The average Bonchev–Trinajstić information content (AvgIpc) is 2.76. The van der Waals surface area contributed by atoms with Crippen LogP contribution in [-0.2, 0) is 20.4 Å². The summed E-state index contributed by atoms with van der Waals surface area (Å²) in [6.07, 6.45) is 2.31. The standard InChI is InChI=1S/C26H29N2O.Re.Rf/c1-27-17-9-14-24(26(27)21-12-7-4-8-13-21)28(2)19-23-18-22(15-16-25(23)29)20-10-5-3-6-11-20;;/h3-8,10-13,15-16,18-19,24,26,29H,9,14,17H2,1-2H3;;/q-1;;. The van der Waals surface area contributed by atoms with Crippen molar-refractivity contribution in [1.29, 1.82) is 0 Å². The number of phenols is 1. The Morgan fingerprint density at radius 2 is 1.58 bits per heavy atom. The molecule has 3 aromatic rings. The van der Waals surface area contributed by atoms with E-state index in [-0.39, 0.29) is 20.4 Å². The number of benzene rings is 3. The van der Waals surface area contributed by atoms with Crippen molar-refractivity contribution in [3.05, 3.63) is 96.5 Å². The molecular weight excluding hydrogens is 810 g/mol. The number of nitrogens with zero attached hydrogens (tertiary/aromatic N) is 2. The quantitative estimate of drug-likeness (QED) is 0.353. The molecule has 3 nitrogen and oxygen atoms in total. The molecule has 0 bridgehead atoms. The minimum absolute atomic E-state index is 0. The summed E-state index contributed by atoms with van der Waals surface area (Å²) in [5.74, 6) is 0.317. The Hall–Kier alpha value is -3.09. The van der Waals surface area contributed by atoms with Crippen LogP contribution >= 0.6 is 0 Å². The van der Waals surface area contributed by atoms with Gasteiger partial charge in [0.25, 0.3) is 0 Å². The van der Waals surface area contributed by atoms with E-state index in [1.165, 1.54) is 12.0 Å². The summed E-state index contributed by atoms with van der Waals surface area (Å²) >= 11 is 0. The normalized spacial score (nSPS) is 18.7. The molecule has 5 heteroatoms. The zero-order valence-electron chi connectivity index (χ0n) is 18.3. The van der Waals surface area contributed by atoms with Crippen LogP contribution in [0.2, 0.25) is 0 Å². The number of rotatable bonds is 5. The number of likely N-dealkylation sites (tertiary alicyclic amines) is 1. The van der Waals surface area contributed by atoms with Crippen molar-refractivity contribution in [3.63, 3.8) is 0 Å². The fourth-order valence-electron chi connectivity index (χ4n) is 4.48. The second kappa shape index (κ2) is 10.8. The summed E-state index contributed by atoms with van der Waals surface area (Å²) in [6.45, 7) is 3.21. The van der Waals surface area contributed by atoms with Crippen LogP contribution in [0.15, 0.2) is 78.9 Å². The van der Waals surface area contributed by atoms with E-state index in [1.807, 2.05) is 24.3 Å². The summed E-state index contributed by atoms with van der Waals surface area (Å²) in [4.78, 5) is 4.74. The molecule has 1 heterocycles. The van der Waals surface area contributed by atoms with Gasteiger partial charge in [-0.05, 0) is 44.6 Å². The molecular formula is C26H29N2OReRf-. The van der Waals surface area contributed by atoms with Gasteiger partial charge in [0.1, 0.15) is 0 Å². The van der Waals surface area contributed by atoms with Crippen LogP contribution < -0.4 is 0 Å². The van der Waals surface area contributed by atoms with E-state index in [0.717, 1.165) is 29.7 Å². The van der Waals surface area contributed by atoms with Crippen LogP contribution in [0, 0.1) is 6.54 Å². The first-order chi connectivity index (χ1) is 14.1. The van der Waals surface area contributed by atoms with Gasteiger partial charge in [-0.3, -0.25) is 4.90 Å². The topological polar surface area (TPSA) is 26.7 Å². The second-order valence-corrected chi connectivity index (χ2v) is 7.98. The van der Waals surface area contributed by atoms with Crippen LogP contribution in [0.1, 0.15) is 30.0 Å². The maximum absolute atomic E-state index is 10.5. The predicted molar refractivity (Wildman–Crippen MR) is 120 cm³/mol. The van der Waals surface area contributed by atoms with E-state index >= 15 is 0 Å². The Labute approximate surface area is 194 Å². The zero-order valence-corrected chi connectivity index (χ0v) is 27.4. The minimum atomic E-state index is 0. The minimum Gasteiger partial charge on any atom is -0.565 e. The third kappa shape index (κ3) is 5.34. The van der Waals surface area contributed by atoms with E-state index in [9.17, 15) is 5.11 Å². The Morgan fingerprint density at radius 3 is 2.26 bits per heavy atom. The van der Waals surface area contributed by atoms with Crippen molar-refractivity contribution in [2.45, 2.75) is 24.9 Å². The molecule has 0 amide bonds. The van der Waals surface area contributed by atoms with Crippen LogP contribution in [0.3, 0.4) is 0 Å². The number of piperidine rings is 1. The van der Waals surface area contributed by atoms with E-state index in [4.69, 9.17) is 0 Å². The van der Waals surface area contributed by atoms with Crippen molar-refractivity contribution < 1.29 is 25.5 Å². The molecule has 0 aromatic heterocycles. The van der Waals surface area contributed by atoms with E-state index < -0.39 is 0 Å². The van der Waals surface area contributed by atoms with E-state index in [1.54, 1.807) is 6.07 Å². The van der Waals surface area contributed by atoms with Crippen molar-refractivity contribution in [2.24, 2.45) is 0 Å². The van der Waals surface area contributed by atoms with Gasteiger partial charge in [-0.1, -0.05) is 78.4 Å². The average molecular weight is 839 g/mol. The molecule has 0 spiro atoms. The van der Waals surface area contributed by atoms with Gasteiger partial charge in [-0.25, -0.2) is 0 Å². The molecule has 1 aliphatic rings. The number of hydrogen-bond acceptors (Lipinski definition) is 3. The largest absolute Gasteiger partial charge is 0.565 e. The SMILES string of the molecule is CN([CH-]c1cc(-c2ccccc2)ccc1O)C1CCCN(C)C1c1ccccc1.[Re].[Rf]. The first-order valence-corrected chi connectivity index (χ1v) is 10.3. The van der Waals surface area contributed by atoms with Crippen LogP contribution in [-0.4, -0.2) is 41.6 Å². The van der Waals surface area contributed by atoms with Crippen LogP contribution in [0.5, 0.6) is 5.75 Å². The fraction of sp³-hybridized carbons (Fsp3) is 0.269. The predicted octanol–water partition coefficient (Wildman–Crippen LogP) is 5.33. The molecule has 3 aromatic carbocycles. The van der Waals surface area contributed by atoms with E-state index in [2.05, 4.69) is 79.0 Å². The maximum Gasteiger partial charge on any atom is 0.0494 e. The van der Waals surface area contributed by atoms with Gasteiger partial charge >= 0.3 is 0 Å². The van der Waals surface area contributed by atoms with E-state index in [0.29, 0.717) is 17.8 Å². The summed E-state index contributed by atoms with van der Waals surface area (Å²) in [5.41, 5.74) is 4.48. The van der Waals surface area contributed by atoms with Crippen LogP contribution in [0.25, 0.3) is 11.1 Å². The van der Waals surface area contributed by atoms with Crippen molar-refractivity contribution in [1.82, 2.24) is 9.80 Å². The van der Waals surface area contributed by atoms with Gasteiger partial charge in [0.05, 0.1) is 0 Å². The summed E-state index contributed by atoms with van der Waals surface area (Å²) in [7, 11) is 4.35. The Bertz CT molecular complexity index is 939. The molecule has 31 heavy (non-hydrogen) atoms. The van der Waals surface area contributed by atoms with Gasteiger partial charge in [0.15, 0.2) is 0 Å². The fourth-order valence-corrected chi connectivity index (χ4v) is 4.48. The molecule has 1 fully saturated rings. The Kier molecular flexibility index (Phi) is 8.42. The zero-order chi connectivity index (χ0) is 20.2. The molecule has 4 rings (SSSR count). The molecule has 1 saturated heterocycles. The number of phenolic OH excluding ortho intramolecular Hbond substituents is 1. The summed E-state index contributed by atoms with van der Waals surface area (Å²) in [5, 5.41) is 10.5. The first kappa shape index (κ1) is 24.2. The third-order valence-electron chi connectivity index (χ3n) is 5.99. The second-order valence-electron chi connectivity index (χ2n) is 7.98.